The lowest BCUT2D eigenvalue weighted by molar-refractivity contribution is -0.0763. The SMILES string of the molecule is CCCn1c(C(=O)N(C)OC)cc2ccc(F)cc2c1=O. The van der Waals surface area contributed by atoms with Crippen LogP contribution in [0.5, 0.6) is 0 Å². The summed E-state index contributed by atoms with van der Waals surface area (Å²) >= 11 is 0. The van der Waals surface area contributed by atoms with Crippen molar-refractivity contribution in [2.24, 2.45) is 0 Å². The van der Waals surface area contributed by atoms with E-state index in [1.54, 1.807) is 6.07 Å². The van der Waals surface area contributed by atoms with E-state index in [9.17, 15) is 14.0 Å². The van der Waals surface area contributed by atoms with Crippen molar-refractivity contribution in [2.45, 2.75) is 19.9 Å². The second-order valence-corrected chi connectivity index (χ2v) is 4.70. The van der Waals surface area contributed by atoms with Gasteiger partial charge in [-0.25, -0.2) is 9.45 Å². The Kier molecular flexibility index (Phi) is 4.37. The summed E-state index contributed by atoms with van der Waals surface area (Å²) in [4.78, 5) is 29.7. The molecular weight excluding hydrogens is 275 g/mol. The monoisotopic (exact) mass is 292 g/mol. The molecule has 1 aromatic carbocycles. The number of carbonyl (C=O) groups excluding carboxylic acids is 1. The third-order valence-corrected chi connectivity index (χ3v) is 3.30. The van der Waals surface area contributed by atoms with Crippen molar-refractivity contribution in [2.75, 3.05) is 14.2 Å². The topological polar surface area (TPSA) is 51.5 Å². The Hall–Kier alpha value is -2.21. The zero-order chi connectivity index (χ0) is 15.6. The normalized spacial score (nSPS) is 10.9. The van der Waals surface area contributed by atoms with Gasteiger partial charge in [-0.1, -0.05) is 13.0 Å². The molecule has 0 unspecified atom stereocenters. The number of amides is 1. The highest BCUT2D eigenvalue weighted by Gasteiger charge is 2.18. The summed E-state index contributed by atoms with van der Waals surface area (Å²) in [6.07, 6.45) is 0.678. The van der Waals surface area contributed by atoms with Gasteiger partial charge in [0.2, 0.25) is 0 Å². The molecule has 6 heteroatoms. The zero-order valence-electron chi connectivity index (χ0n) is 12.2. The van der Waals surface area contributed by atoms with Gasteiger partial charge in [0.05, 0.1) is 12.5 Å². The minimum absolute atomic E-state index is 0.227. The first kappa shape index (κ1) is 15.2. The molecule has 1 amide bonds. The number of fused-ring (bicyclic) bond motifs is 1. The zero-order valence-corrected chi connectivity index (χ0v) is 12.2. The molecule has 5 nitrogen and oxygen atoms in total. The fraction of sp³-hybridized carbons (Fsp3) is 0.333. The molecule has 0 aliphatic rings. The second-order valence-electron chi connectivity index (χ2n) is 4.70. The van der Waals surface area contributed by atoms with Gasteiger partial charge in [-0.15, -0.1) is 0 Å². The van der Waals surface area contributed by atoms with E-state index in [2.05, 4.69) is 0 Å². The van der Waals surface area contributed by atoms with E-state index in [0.29, 0.717) is 18.4 Å². The van der Waals surface area contributed by atoms with Gasteiger partial charge in [0.25, 0.3) is 11.5 Å². The van der Waals surface area contributed by atoms with E-state index in [0.717, 1.165) is 5.06 Å². The van der Waals surface area contributed by atoms with Gasteiger partial charge < -0.3 is 4.57 Å². The van der Waals surface area contributed by atoms with Gasteiger partial charge >= 0.3 is 0 Å². The highest BCUT2D eigenvalue weighted by Crippen LogP contribution is 2.15. The fourth-order valence-corrected chi connectivity index (χ4v) is 2.19. The number of rotatable bonds is 4. The average molecular weight is 292 g/mol. The summed E-state index contributed by atoms with van der Waals surface area (Å²) in [6.45, 7) is 2.28. The van der Waals surface area contributed by atoms with Gasteiger partial charge in [0.1, 0.15) is 11.5 Å². The maximum absolute atomic E-state index is 13.3. The fourth-order valence-electron chi connectivity index (χ4n) is 2.19. The minimum Gasteiger partial charge on any atom is -0.303 e. The lowest BCUT2D eigenvalue weighted by atomic mass is 10.1. The maximum Gasteiger partial charge on any atom is 0.293 e. The smallest absolute Gasteiger partial charge is 0.293 e. The second kappa shape index (κ2) is 6.05. The van der Waals surface area contributed by atoms with Gasteiger partial charge in [0.15, 0.2) is 0 Å². The van der Waals surface area contributed by atoms with Crippen LogP contribution in [-0.4, -0.2) is 29.7 Å². The number of carbonyl (C=O) groups is 1. The summed E-state index contributed by atoms with van der Waals surface area (Å²) < 4.78 is 14.7. The van der Waals surface area contributed by atoms with Crippen LogP contribution in [0.3, 0.4) is 0 Å². The summed E-state index contributed by atoms with van der Waals surface area (Å²) in [5, 5.41) is 1.85. The number of halogens is 1. The van der Waals surface area contributed by atoms with E-state index >= 15 is 0 Å². The van der Waals surface area contributed by atoms with Crippen LogP contribution in [0.25, 0.3) is 10.8 Å². The Balaban J connectivity index is 2.74. The van der Waals surface area contributed by atoms with Gasteiger partial charge in [-0.05, 0) is 30.0 Å². The molecule has 0 fully saturated rings. The van der Waals surface area contributed by atoms with E-state index in [1.807, 2.05) is 6.92 Å². The Morgan fingerprint density at radius 1 is 1.38 bits per heavy atom. The predicted octanol–water partition coefficient (Wildman–Crippen LogP) is 2.18. The molecule has 0 bridgehead atoms. The molecule has 0 radical (unpaired) electrons. The van der Waals surface area contributed by atoms with E-state index < -0.39 is 11.7 Å². The Morgan fingerprint density at radius 3 is 2.71 bits per heavy atom. The highest BCUT2D eigenvalue weighted by molar-refractivity contribution is 5.96. The maximum atomic E-state index is 13.3. The van der Waals surface area contributed by atoms with Gasteiger partial charge in [-0.3, -0.25) is 14.4 Å². The van der Waals surface area contributed by atoms with Crippen molar-refractivity contribution in [3.05, 3.63) is 46.1 Å². The first-order chi connectivity index (χ1) is 9.99. The quantitative estimate of drug-likeness (QED) is 0.812. The standard InChI is InChI=1S/C15H17FN2O3/c1-4-7-18-13(15(20)17(2)21-3)8-10-5-6-11(16)9-12(10)14(18)19/h5-6,8-9H,4,7H2,1-3H3. The molecule has 0 aliphatic heterocycles. The Labute approximate surface area is 121 Å². The summed E-state index contributed by atoms with van der Waals surface area (Å²) in [7, 11) is 2.84. The van der Waals surface area contributed by atoms with Crippen molar-refractivity contribution >= 4 is 16.7 Å². The Morgan fingerprint density at radius 2 is 2.10 bits per heavy atom. The summed E-state index contributed by atoms with van der Waals surface area (Å²) in [5.41, 5.74) is -0.146. The first-order valence-electron chi connectivity index (χ1n) is 6.64. The van der Waals surface area contributed by atoms with E-state index in [1.165, 1.54) is 36.9 Å². The van der Waals surface area contributed by atoms with Crippen LogP contribution >= 0.6 is 0 Å². The van der Waals surface area contributed by atoms with Crippen LogP contribution in [-0.2, 0) is 11.4 Å². The number of benzene rings is 1. The summed E-state index contributed by atoms with van der Waals surface area (Å²) in [6, 6.07) is 5.54. The highest BCUT2D eigenvalue weighted by atomic mass is 19.1. The molecule has 21 heavy (non-hydrogen) atoms. The van der Waals surface area contributed by atoms with Crippen molar-refractivity contribution in [3.63, 3.8) is 0 Å². The van der Waals surface area contributed by atoms with Crippen LogP contribution < -0.4 is 5.56 Å². The van der Waals surface area contributed by atoms with Crippen LogP contribution in [0.1, 0.15) is 23.8 Å². The molecule has 2 rings (SSSR count). The first-order valence-corrected chi connectivity index (χ1v) is 6.64. The van der Waals surface area contributed by atoms with Crippen LogP contribution in [0.2, 0.25) is 0 Å². The number of hydroxylamine groups is 2. The Bertz CT molecular complexity index is 740. The van der Waals surface area contributed by atoms with Crippen LogP contribution in [0.15, 0.2) is 29.1 Å². The van der Waals surface area contributed by atoms with Crippen LogP contribution in [0, 0.1) is 5.82 Å². The molecule has 1 aromatic heterocycles. The van der Waals surface area contributed by atoms with E-state index in [-0.39, 0.29) is 16.6 Å². The lowest BCUT2D eigenvalue weighted by Crippen LogP contribution is -2.33. The van der Waals surface area contributed by atoms with Crippen molar-refractivity contribution in [1.82, 2.24) is 9.63 Å². The summed E-state index contributed by atoms with van der Waals surface area (Å²) in [5.74, 6) is -0.898. The number of hydrogen-bond acceptors (Lipinski definition) is 3. The molecule has 0 atom stereocenters. The minimum atomic E-state index is -0.476. The molecule has 0 aliphatic carbocycles. The number of nitrogens with zero attached hydrogens (tertiary/aromatic N) is 2. The van der Waals surface area contributed by atoms with Crippen molar-refractivity contribution < 1.29 is 14.0 Å². The molecule has 112 valence electrons. The molecule has 0 N–H and O–H groups in total. The number of pyridine rings is 1. The van der Waals surface area contributed by atoms with Crippen molar-refractivity contribution in [1.29, 1.82) is 0 Å². The van der Waals surface area contributed by atoms with Gasteiger partial charge in [0, 0.05) is 13.6 Å². The average Bonchev–Trinajstić information content (AvgIpc) is 2.49. The largest absolute Gasteiger partial charge is 0.303 e. The van der Waals surface area contributed by atoms with Gasteiger partial charge in [-0.2, -0.15) is 0 Å². The molecule has 0 spiro atoms. The van der Waals surface area contributed by atoms with Crippen LogP contribution in [0.4, 0.5) is 4.39 Å². The third kappa shape index (κ3) is 2.80. The molecular formula is C15H17FN2O3. The predicted molar refractivity (Wildman–Crippen MR) is 77.6 cm³/mol. The number of aromatic nitrogens is 1. The molecule has 0 saturated heterocycles. The molecule has 0 saturated carbocycles. The number of hydrogen-bond donors (Lipinski definition) is 0. The molecule has 1 heterocycles. The van der Waals surface area contributed by atoms with Crippen molar-refractivity contribution in [3.8, 4) is 0 Å². The molecule has 2 aromatic rings. The third-order valence-electron chi connectivity index (χ3n) is 3.30. The lowest BCUT2D eigenvalue weighted by Gasteiger charge is -2.18. The van der Waals surface area contributed by atoms with E-state index in [4.69, 9.17) is 4.84 Å².